The molecule has 1 fully saturated rings. The van der Waals surface area contributed by atoms with E-state index in [1.807, 2.05) is 0 Å². The standard InChI is InChI=1S/C7H13F3N2O/c8-7(9,10)6(13)4-12-2-1-5(11)3-12/h5-6,13H,1-4,11H2/t5-,6?/m1/s1. The van der Waals surface area contributed by atoms with E-state index in [0.29, 0.717) is 19.5 Å². The van der Waals surface area contributed by atoms with Crippen LogP contribution in [-0.2, 0) is 0 Å². The lowest BCUT2D eigenvalue weighted by Crippen LogP contribution is -2.40. The lowest BCUT2D eigenvalue weighted by atomic mass is 10.3. The van der Waals surface area contributed by atoms with Gasteiger partial charge in [-0.3, -0.25) is 4.90 Å². The molecule has 2 atom stereocenters. The van der Waals surface area contributed by atoms with Crippen molar-refractivity contribution in [1.82, 2.24) is 4.90 Å². The zero-order chi connectivity index (χ0) is 10.1. The predicted molar refractivity (Wildman–Crippen MR) is 41.1 cm³/mol. The molecule has 78 valence electrons. The first-order valence-electron chi connectivity index (χ1n) is 4.12. The van der Waals surface area contributed by atoms with E-state index in [4.69, 9.17) is 10.8 Å². The van der Waals surface area contributed by atoms with E-state index in [1.54, 1.807) is 0 Å². The molecule has 1 saturated heterocycles. The van der Waals surface area contributed by atoms with Crippen LogP contribution < -0.4 is 5.73 Å². The predicted octanol–water partition coefficient (Wildman–Crippen LogP) is -0.0574. The third-order valence-electron chi connectivity index (χ3n) is 2.12. The third kappa shape index (κ3) is 3.13. The van der Waals surface area contributed by atoms with Crippen LogP contribution in [0.3, 0.4) is 0 Å². The SMILES string of the molecule is N[C@@H]1CCN(CC(O)C(F)(F)F)C1. The Hall–Kier alpha value is -0.330. The minimum absolute atomic E-state index is 0.0552. The molecule has 1 heterocycles. The van der Waals surface area contributed by atoms with Crippen molar-refractivity contribution in [2.24, 2.45) is 5.73 Å². The Kier molecular flexibility index (Phi) is 3.15. The highest BCUT2D eigenvalue weighted by Crippen LogP contribution is 2.21. The first-order chi connectivity index (χ1) is 5.89. The van der Waals surface area contributed by atoms with E-state index in [9.17, 15) is 13.2 Å². The molecule has 0 aromatic heterocycles. The molecule has 1 aliphatic rings. The normalized spacial score (nSPS) is 27.9. The van der Waals surface area contributed by atoms with Crippen LogP contribution in [0.15, 0.2) is 0 Å². The molecule has 3 nitrogen and oxygen atoms in total. The van der Waals surface area contributed by atoms with Gasteiger partial charge in [0.1, 0.15) is 0 Å². The summed E-state index contributed by atoms with van der Waals surface area (Å²) in [5, 5.41) is 8.72. The third-order valence-corrected chi connectivity index (χ3v) is 2.12. The Labute approximate surface area is 74.3 Å². The van der Waals surface area contributed by atoms with Gasteiger partial charge in [-0.15, -0.1) is 0 Å². The van der Waals surface area contributed by atoms with Crippen molar-refractivity contribution in [1.29, 1.82) is 0 Å². The van der Waals surface area contributed by atoms with Crippen molar-refractivity contribution < 1.29 is 18.3 Å². The number of nitrogens with two attached hydrogens (primary N) is 1. The van der Waals surface area contributed by atoms with Gasteiger partial charge in [-0.05, 0) is 13.0 Å². The fourth-order valence-electron chi connectivity index (χ4n) is 1.38. The number of hydrogen-bond donors (Lipinski definition) is 2. The molecule has 1 aliphatic heterocycles. The molecule has 3 N–H and O–H groups in total. The fourth-order valence-corrected chi connectivity index (χ4v) is 1.38. The highest BCUT2D eigenvalue weighted by Gasteiger charge is 2.39. The summed E-state index contributed by atoms with van der Waals surface area (Å²) in [5.74, 6) is 0. The van der Waals surface area contributed by atoms with Crippen molar-refractivity contribution in [3.05, 3.63) is 0 Å². The van der Waals surface area contributed by atoms with E-state index in [0.717, 1.165) is 0 Å². The molecule has 1 unspecified atom stereocenters. The summed E-state index contributed by atoms with van der Waals surface area (Å²) in [6.07, 6.45) is -6.07. The molecule has 0 radical (unpaired) electrons. The number of β-amino-alcohol motifs (C(OH)–C–C–N with tert-alkyl or cyclic N) is 1. The molecule has 0 aliphatic carbocycles. The van der Waals surface area contributed by atoms with Crippen molar-refractivity contribution in [2.75, 3.05) is 19.6 Å². The molecule has 0 aromatic rings. The number of halogens is 3. The number of rotatable bonds is 2. The molecule has 0 spiro atoms. The highest BCUT2D eigenvalue weighted by atomic mass is 19.4. The Morgan fingerprint density at radius 1 is 1.54 bits per heavy atom. The van der Waals surface area contributed by atoms with Crippen LogP contribution in [0.5, 0.6) is 0 Å². The highest BCUT2D eigenvalue weighted by molar-refractivity contribution is 4.81. The Morgan fingerprint density at radius 2 is 2.15 bits per heavy atom. The minimum atomic E-state index is -4.52. The largest absolute Gasteiger partial charge is 0.415 e. The maximum Gasteiger partial charge on any atom is 0.415 e. The molecular formula is C7H13F3N2O. The molecule has 0 bridgehead atoms. The number of aliphatic hydroxyl groups is 1. The Morgan fingerprint density at radius 3 is 2.54 bits per heavy atom. The number of alkyl halides is 3. The van der Waals surface area contributed by atoms with Gasteiger partial charge in [0.2, 0.25) is 0 Å². The van der Waals surface area contributed by atoms with Crippen LogP contribution in [0.4, 0.5) is 13.2 Å². The summed E-state index contributed by atoms with van der Waals surface area (Å²) < 4.78 is 35.7. The first kappa shape index (κ1) is 10.7. The summed E-state index contributed by atoms with van der Waals surface area (Å²) in [4.78, 5) is 1.53. The molecular weight excluding hydrogens is 185 g/mol. The van der Waals surface area contributed by atoms with Gasteiger partial charge in [0.15, 0.2) is 6.10 Å². The van der Waals surface area contributed by atoms with Crippen molar-refractivity contribution in [2.45, 2.75) is 24.7 Å². The summed E-state index contributed by atoms with van der Waals surface area (Å²) in [6.45, 7) is 0.610. The van der Waals surface area contributed by atoms with Crippen molar-refractivity contribution in [3.63, 3.8) is 0 Å². The van der Waals surface area contributed by atoms with Gasteiger partial charge >= 0.3 is 6.18 Å². The zero-order valence-electron chi connectivity index (χ0n) is 7.09. The van der Waals surface area contributed by atoms with Crippen LogP contribution >= 0.6 is 0 Å². The topological polar surface area (TPSA) is 49.5 Å². The summed E-state index contributed by atoms with van der Waals surface area (Å²) in [5.41, 5.74) is 5.51. The van der Waals surface area contributed by atoms with Gasteiger partial charge in [0.25, 0.3) is 0 Å². The smallest absolute Gasteiger partial charge is 0.382 e. The van der Waals surface area contributed by atoms with Gasteiger partial charge in [-0.1, -0.05) is 0 Å². The summed E-state index contributed by atoms with van der Waals surface area (Å²) >= 11 is 0. The summed E-state index contributed by atoms with van der Waals surface area (Å²) in [6, 6.07) is -0.0552. The van der Waals surface area contributed by atoms with Crippen LogP contribution in [0.2, 0.25) is 0 Å². The number of nitrogens with zero attached hydrogens (tertiary/aromatic N) is 1. The molecule has 0 saturated carbocycles. The second-order valence-electron chi connectivity index (χ2n) is 3.37. The average Bonchev–Trinajstić information content (AvgIpc) is 2.33. The maximum absolute atomic E-state index is 11.9. The lowest BCUT2D eigenvalue weighted by molar-refractivity contribution is -0.207. The van der Waals surface area contributed by atoms with E-state index in [-0.39, 0.29) is 12.6 Å². The second-order valence-corrected chi connectivity index (χ2v) is 3.37. The van der Waals surface area contributed by atoms with Gasteiger partial charge in [0, 0.05) is 19.1 Å². The van der Waals surface area contributed by atoms with Crippen molar-refractivity contribution in [3.8, 4) is 0 Å². The van der Waals surface area contributed by atoms with Gasteiger partial charge < -0.3 is 10.8 Å². The monoisotopic (exact) mass is 198 g/mol. The second kappa shape index (κ2) is 3.81. The van der Waals surface area contributed by atoms with Gasteiger partial charge in [0.05, 0.1) is 0 Å². The quantitative estimate of drug-likeness (QED) is 0.653. The molecule has 6 heteroatoms. The fraction of sp³-hybridized carbons (Fsp3) is 1.00. The Bertz CT molecular complexity index is 174. The maximum atomic E-state index is 11.9. The molecule has 1 rings (SSSR count). The Balaban J connectivity index is 2.33. The molecule has 0 amide bonds. The van der Waals surface area contributed by atoms with Crippen LogP contribution in [0.1, 0.15) is 6.42 Å². The minimum Gasteiger partial charge on any atom is -0.382 e. The van der Waals surface area contributed by atoms with E-state index < -0.39 is 12.3 Å². The van der Waals surface area contributed by atoms with Crippen LogP contribution in [0.25, 0.3) is 0 Å². The van der Waals surface area contributed by atoms with E-state index in [2.05, 4.69) is 0 Å². The van der Waals surface area contributed by atoms with Gasteiger partial charge in [-0.2, -0.15) is 13.2 Å². The van der Waals surface area contributed by atoms with Crippen molar-refractivity contribution >= 4 is 0 Å². The first-order valence-corrected chi connectivity index (χ1v) is 4.12. The van der Waals surface area contributed by atoms with E-state index >= 15 is 0 Å². The number of aliphatic hydroxyl groups excluding tert-OH is 1. The van der Waals surface area contributed by atoms with Crippen LogP contribution in [-0.4, -0.2) is 48.0 Å². The van der Waals surface area contributed by atoms with Crippen LogP contribution in [0, 0.1) is 0 Å². The lowest BCUT2D eigenvalue weighted by Gasteiger charge is -2.21. The van der Waals surface area contributed by atoms with E-state index in [1.165, 1.54) is 4.90 Å². The summed E-state index contributed by atoms with van der Waals surface area (Å²) in [7, 11) is 0. The average molecular weight is 198 g/mol. The zero-order valence-corrected chi connectivity index (χ0v) is 7.09. The van der Waals surface area contributed by atoms with Gasteiger partial charge in [-0.25, -0.2) is 0 Å². The number of hydrogen-bond acceptors (Lipinski definition) is 3. The molecule has 0 aromatic carbocycles. The molecule has 13 heavy (non-hydrogen) atoms. The number of likely N-dealkylation sites (tertiary alicyclic amines) is 1.